The van der Waals surface area contributed by atoms with Crippen molar-refractivity contribution in [2.75, 3.05) is 24.5 Å². The number of hydrogen-bond acceptors (Lipinski definition) is 6. The molecule has 2 aromatic heterocycles. The maximum absolute atomic E-state index is 12.7. The van der Waals surface area contributed by atoms with Crippen molar-refractivity contribution in [3.8, 4) is 0 Å². The number of hydrogen-bond donors (Lipinski definition) is 0. The summed E-state index contributed by atoms with van der Waals surface area (Å²) in [5.74, 6) is 0.483. The molecule has 5 nitrogen and oxygen atoms in total. The maximum Gasteiger partial charge on any atom is 0.342 e. The van der Waals surface area contributed by atoms with Crippen LogP contribution in [0.3, 0.4) is 0 Å². The van der Waals surface area contributed by atoms with Gasteiger partial charge in [-0.3, -0.25) is 4.90 Å². The molecule has 6 heteroatoms. The Balaban J connectivity index is 1.76. The summed E-state index contributed by atoms with van der Waals surface area (Å²) in [6.45, 7) is 13.9. The molecule has 1 aliphatic heterocycles. The Kier molecular flexibility index (Phi) is 6.73. The van der Waals surface area contributed by atoms with Crippen LogP contribution in [0.15, 0.2) is 24.4 Å². The lowest BCUT2D eigenvalue weighted by atomic mass is 10.1. The van der Waals surface area contributed by atoms with E-state index in [1.807, 2.05) is 38.2 Å². The van der Waals surface area contributed by atoms with Crippen molar-refractivity contribution in [1.82, 2.24) is 9.88 Å². The molecule has 0 aromatic carbocycles. The SMILES string of the molecule is CCN(Cc1ccc(C)s1)C1CCN(c2nccc(C)c2C(=O)OC(C)C)C1. The standard InChI is InChI=1S/C22H31N3O2S/c1-6-24(14-19-8-7-17(5)28-19)18-10-12-25(13-18)21-20(16(4)9-11-23-21)22(26)27-15(2)3/h7-9,11,15,18H,6,10,12-14H2,1-5H3. The van der Waals surface area contributed by atoms with Gasteiger partial charge in [-0.15, -0.1) is 11.3 Å². The minimum Gasteiger partial charge on any atom is -0.459 e. The first-order chi connectivity index (χ1) is 13.4. The molecule has 28 heavy (non-hydrogen) atoms. The van der Waals surface area contributed by atoms with E-state index in [-0.39, 0.29) is 12.1 Å². The van der Waals surface area contributed by atoms with Crippen molar-refractivity contribution in [2.45, 2.75) is 59.7 Å². The zero-order valence-corrected chi connectivity index (χ0v) is 18.4. The van der Waals surface area contributed by atoms with E-state index in [4.69, 9.17) is 4.74 Å². The predicted octanol–water partition coefficient (Wildman–Crippen LogP) is 4.43. The lowest BCUT2D eigenvalue weighted by molar-refractivity contribution is 0.0377. The Hall–Kier alpha value is -1.92. The molecule has 1 aliphatic rings. The highest BCUT2D eigenvalue weighted by atomic mass is 32.1. The molecule has 1 saturated heterocycles. The van der Waals surface area contributed by atoms with Crippen LogP contribution in [-0.2, 0) is 11.3 Å². The van der Waals surface area contributed by atoms with Gasteiger partial charge >= 0.3 is 5.97 Å². The van der Waals surface area contributed by atoms with Crippen LogP contribution in [0, 0.1) is 13.8 Å². The van der Waals surface area contributed by atoms with Crippen LogP contribution in [0.5, 0.6) is 0 Å². The average Bonchev–Trinajstić information content (AvgIpc) is 3.27. The molecular weight excluding hydrogens is 370 g/mol. The molecule has 0 amide bonds. The number of nitrogens with zero attached hydrogens (tertiary/aromatic N) is 3. The van der Waals surface area contributed by atoms with E-state index >= 15 is 0 Å². The van der Waals surface area contributed by atoms with Gasteiger partial charge in [0.1, 0.15) is 11.4 Å². The lowest BCUT2D eigenvalue weighted by Gasteiger charge is -2.28. The summed E-state index contributed by atoms with van der Waals surface area (Å²) < 4.78 is 5.48. The topological polar surface area (TPSA) is 45.7 Å². The largest absolute Gasteiger partial charge is 0.459 e. The first-order valence-corrected chi connectivity index (χ1v) is 10.9. The summed E-state index contributed by atoms with van der Waals surface area (Å²) in [4.78, 5) is 24.8. The molecule has 0 saturated carbocycles. The van der Waals surface area contributed by atoms with Gasteiger partial charge in [0.15, 0.2) is 0 Å². The molecule has 0 bridgehead atoms. The van der Waals surface area contributed by atoms with Gasteiger partial charge in [-0.25, -0.2) is 9.78 Å². The fourth-order valence-corrected chi connectivity index (χ4v) is 4.73. The number of rotatable bonds is 7. The third-order valence-electron chi connectivity index (χ3n) is 5.23. The molecule has 1 atom stereocenters. The Labute approximate surface area is 172 Å². The van der Waals surface area contributed by atoms with Crippen LogP contribution < -0.4 is 4.90 Å². The van der Waals surface area contributed by atoms with Crippen molar-refractivity contribution < 1.29 is 9.53 Å². The van der Waals surface area contributed by atoms with Crippen LogP contribution in [0.1, 0.15) is 52.9 Å². The molecule has 152 valence electrons. The zero-order valence-electron chi connectivity index (χ0n) is 17.6. The highest BCUT2D eigenvalue weighted by Crippen LogP contribution is 2.28. The Morgan fingerprint density at radius 2 is 2.14 bits per heavy atom. The Morgan fingerprint density at radius 3 is 2.79 bits per heavy atom. The third kappa shape index (κ3) is 4.73. The zero-order chi connectivity index (χ0) is 20.3. The predicted molar refractivity (Wildman–Crippen MR) is 115 cm³/mol. The van der Waals surface area contributed by atoms with Gasteiger partial charge in [0.2, 0.25) is 0 Å². The van der Waals surface area contributed by atoms with E-state index in [0.29, 0.717) is 11.6 Å². The number of anilines is 1. The van der Waals surface area contributed by atoms with Crippen molar-refractivity contribution in [1.29, 1.82) is 0 Å². The van der Waals surface area contributed by atoms with E-state index < -0.39 is 0 Å². The van der Waals surface area contributed by atoms with Gasteiger partial charge in [0.05, 0.1) is 6.10 Å². The van der Waals surface area contributed by atoms with Crippen LogP contribution >= 0.6 is 11.3 Å². The van der Waals surface area contributed by atoms with Crippen LogP contribution in [0.4, 0.5) is 5.82 Å². The molecule has 3 heterocycles. The molecule has 0 radical (unpaired) electrons. The smallest absolute Gasteiger partial charge is 0.342 e. The second-order valence-electron chi connectivity index (χ2n) is 7.74. The number of ether oxygens (including phenoxy) is 1. The first kappa shape index (κ1) is 20.8. The molecule has 1 fully saturated rings. The van der Waals surface area contributed by atoms with Gasteiger partial charge in [-0.2, -0.15) is 0 Å². The van der Waals surface area contributed by atoms with E-state index in [9.17, 15) is 4.79 Å². The third-order valence-corrected chi connectivity index (χ3v) is 6.21. The van der Waals surface area contributed by atoms with Gasteiger partial charge in [0.25, 0.3) is 0 Å². The Morgan fingerprint density at radius 1 is 1.36 bits per heavy atom. The Bertz CT molecular complexity index is 818. The summed E-state index contributed by atoms with van der Waals surface area (Å²) in [5.41, 5.74) is 1.52. The number of likely N-dealkylation sites (N-methyl/N-ethyl adjacent to an activating group) is 1. The summed E-state index contributed by atoms with van der Waals surface area (Å²) in [5, 5.41) is 0. The second kappa shape index (κ2) is 9.05. The normalized spacial score (nSPS) is 17.0. The van der Waals surface area contributed by atoms with E-state index in [1.54, 1.807) is 6.20 Å². The van der Waals surface area contributed by atoms with E-state index in [2.05, 4.69) is 40.8 Å². The summed E-state index contributed by atoms with van der Waals surface area (Å²) in [6.07, 6.45) is 2.72. The minimum atomic E-state index is -0.277. The molecule has 2 aromatic rings. The summed E-state index contributed by atoms with van der Waals surface area (Å²) in [7, 11) is 0. The molecule has 0 spiro atoms. The highest BCUT2D eigenvalue weighted by Gasteiger charge is 2.31. The molecule has 0 aliphatic carbocycles. The van der Waals surface area contributed by atoms with Gasteiger partial charge in [-0.05, 0) is 64.4 Å². The quantitative estimate of drug-likeness (QED) is 0.643. The van der Waals surface area contributed by atoms with Crippen LogP contribution in [-0.4, -0.2) is 47.6 Å². The van der Waals surface area contributed by atoms with Crippen LogP contribution in [0.2, 0.25) is 0 Å². The number of aryl methyl sites for hydroxylation is 2. The van der Waals surface area contributed by atoms with Gasteiger partial charge < -0.3 is 9.64 Å². The molecule has 0 N–H and O–H groups in total. The number of carbonyl (C=O) groups excluding carboxylic acids is 1. The van der Waals surface area contributed by atoms with Gasteiger partial charge in [-0.1, -0.05) is 6.92 Å². The molecular formula is C22H31N3O2S. The fraction of sp³-hybridized carbons (Fsp3) is 0.545. The highest BCUT2D eigenvalue weighted by molar-refractivity contribution is 7.11. The molecule has 3 rings (SSSR count). The van der Waals surface area contributed by atoms with Gasteiger partial charge in [0, 0.05) is 41.6 Å². The number of pyridine rings is 1. The number of aromatic nitrogens is 1. The minimum absolute atomic E-state index is 0.142. The molecule has 1 unspecified atom stereocenters. The average molecular weight is 402 g/mol. The monoisotopic (exact) mass is 401 g/mol. The summed E-state index contributed by atoms with van der Waals surface area (Å²) in [6, 6.07) is 6.77. The number of carbonyl (C=O) groups is 1. The maximum atomic E-state index is 12.7. The number of thiophene rings is 1. The lowest BCUT2D eigenvalue weighted by Crippen LogP contribution is -2.37. The number of esters is 1. The van der Waals surface area contributed by atoms with Crippen molar-refractivity contribution in [2.24, 2.45) is 0 Å². The summed E-state index contributed by atoms with van der Waals surface area (Å²) >= 11 is 1.87. The van der Waals surface area contributed by atoms with Crippen molar-refractivity contribution in [3.63, 3.8) is 0 Å². The van der Waals surface area contributed by atoms with E-state index in [0.717, 1.165) is 44.0 Å². The van der Waals surface area contributed by atoms with Crippen molar-refractivity contribution >= 4 is 23.1 Å². The second-order valence-corrected chi connectivity index (χ2v) is 9.12. The van der Waals surface area contributed by atoms with Crippen LogP contribution in [0.25, 0.3) is 0 Å². The fourth-order valence-electron chi connectivity index (χ4n) is 3.81. The van der Waals surface area contributed by atoms with Crippen molar-refractivity contribution in [3.05, 3.63) is 45.3 Å². The van der Waals surface area contributed by atoms with E-state index in [1.165, 1.54) is 9.75 Å². The first-order valence-electron chi connectivity index (χ1n) is 10.1.